The van der Waals surface area contributed by atoms with Crippen molar-refractivity contribution in [3.8, 4) is 0 Å². The normalized spacial score (nSPS) is 22.8. The summed E-state index contributed by atoms with van der Waals surface area (Å²) in [5, 5.41) is 0. The number of rotatable bonds is 0. The molecule has 0 aromatic rings. The predicted molar refractivity (Wildman–Crippen MR) is 37.3 cm³/mol. The summed E-state index contributed by atoms with van der Waals surface area (Å²) in [5.41, 5.74) is 1.22. The van der Waals surface area contributed by atoms with E-state index in [0.29, 0.717) is 0 Å². The second-order valence-corrected chi connectivity index (χ2v) is 2.96. The van der Waals surface area contributed by atoms with E-state index in [-0.39, 0.29) is 0 Å². The van der Waals surface area contributed by atoms with Crippen molar-refractivity contribution >= 4 is 11.8 Å². The van der Waals surface area contributed by atoms with Gasteiger partial charge in [0, 0.05) is 11.5 Å². The van der Waals surface area contributed by atoms with Crippen molar-refractivity contribution in [2.75, 3.05) is 24.7 Å². The topological polar surface area (TPSA) is 9.23 Å². The maximum absolute atomic E-state index is 5.19. The lowest BCUT2D eigenvalue weighted by atomic mass is 10.4. The van der Waals surface area contributed by atoms with E-state index >= 15 is 0 Å². The average molecular weight is 130 g/mol. The summed E-state index contributed by atoms with van der Waals surface area (Å²) < 4.78 is 5.19. The van der Waals surface area contributed by atoms with Crippen LogP contribution in [0.4, 0.5) is 0 Å². The van der Waals surface area contributed by atoms with Crippen LogP contribution in [0.15, 0.2) is 12.2 Å². The Bertz CT molecular complexity index is 80.5. The van der Waals surface area contributed by atoms with Gasteiger partial charge < -0.3 is 4.74 Å². The molecular weight excluding hydrogens is 120 g/mol. The fraction of sp³-hybridized carbons (Fsp3) is 0.667. The molecule has 1 nitrogen and oxygen atoms in total. The zero-order valence-corrected chi connectivity index (χ0v) is 5.67. The van der Waals surface area contributed by atoms with Crippen molar-refractivity contribution < 1.29 is 4.74 Å². The highest BCUT2D eigenvalue weighted by molar-refractivity contribution is 7.99. The van der Waals surface area contributed by atoms with Gasteiger partial charge in [-0.05, 0) is 5.57 Å². The second kappa shape index (κ2) is 3.15. The molecule has 0 aromatic heterocycles. The largest absolute Gasteiger partial charge is 0.376 e. The van der Waals surface area contributed by atoms with Crippen molar-refractivity contribution in [1.29, 1.82) is 0 Å². The molecule has 0 N–H and O–H groups in total. The Labute approximate surface area is 54.1 Å². The second-order valence-electron chi connectivity index (χ2n) is 1.86. The third-order valence-electron chi connectivity index (χ3n) is 0.984. The smallest absolute Gasteiger partial charge is 0.0682 e. The molecule has 1 aliphatic heterocycles. The van der Waals surface area contributed by atoms with E-state index in [0.717, 1.165) is 24.7 Å². The zero-order chi connectivity index (χ0) is 5.82. The van der Waals surface area contributed by atoms with Crippen LogP contribution in [0.2, 0.25) is 0 Å². The average Bonchev–Trinajstić information content (AvgIpc) is 1.94. The first-order chi connectivity index (χ1) is 3.89. The van der Waals surface area contributed by atoms with Crippen LogP contribution in [0.25, 0.3) is 0 Å². The quantitative estimate of drug-likeness (QED) is 0.457. The molecule has 1 rings (SSSR count). The summed E-state index contributed by atoms with van der Waals surface area (Å²) in [6, 6.07) is 0. The highest BCUT2D eigenvalue weighted by Crippen LogP contribution is 2.10. The van der Waals surface area contributed by atoms with Crippen molar-refractivity contribution in [1.82, 2.24) is 0 Å². The van der Waals surface area contributed by atoms with Gasteiger partial charge in [-0.25, -0.2) is 0 Å². The fourth-order valence-electron chi connectivity index (χ4n) is 0.593. The van der Waals surface area contributed by atoms with E-state index in [1.807, 2.05) is 11.8 Å². The number of hydrogen-bond acceptors (Lipinski definition) is 2. The Kier molecular flexibility index (Phi) is 2.43. The molecule has 0 spiro atoms. The van der Waals surface area contributed by atoms with E-state index in [2.05, 4.69) is 6.58 Å². The number of hydrogen-bond donors (Lipinski definition) is 0. The van der Waals surface area contributed by atoms with E-state index in [1.165, 1.54) is 5.57 Å². The van der Waals surface area contributed by atoms with Gasteiger partial charge in [-0.3, -0.25) is 0 Å². The molecule has 0 aromatic carbocycles. The first kappa shape index (κ1) is 6.17. The van der Waals surface area contributed by atoms with Gasteiger partial charge >= 0.3 is 0 Å². The monoisotopic (exact) mass is 130 g/mol. The first-order valence-corrected chi connectivity index (χ1v) is 3.87. The standard InChI is InChI=1S/C6H10OS/c1-6-4-7-2-3-8-5-6/h1-5H2. The molecule has 1 aliphatic rings. The van der Waals surface area contributed by atoms with Gasteiger partial charge in [-0.1, -0.05) is 6.58 Å². The summed E-state index contributed by atoms with van der Waals surface area (Å²) >= 11 is 1.90. The van der Waals surface area contributed by atoms with Crippen molar-refractivity contribution in [2.24, 2.45) is 0 Å². The molecule has 2 heteroatoms. The summed E-state index contributed by atoms with van der Waals surface area (Å²) in [7, 11) is 0. The van der Waals surface area contributed by atoms with Gasteiger partial charge in [-0.15, -0.1) is 0 Å². The molecule has 0 radical (unpaired) electrons. The molecule has 0 atom stereocenters. The molecule has 0 saturated carbocycles. The van der Waals surface area contributed by atoms with Crippen LogP contribution in [0.1, 0.15) is 0 Å². The minimum Gasteiger partial charge on any atom is -0.376 e. The molecular formula is C6H10OS. The third-order valence-corrected chi connectivity index (χ3v) is 2.05. The van der Waals surface area contributed by atoms with Gasteiger partial charge in [0.05, 0.1) is 13.2 Å². The van der Waals surface area contributed by atoms with Crippen LogP contribution in [-0.2, 0) is 4.74 Å². The van der Waals surface area contributed by atoms with Crippen LogP contribution in [0, 0.1) is 0 Å². The SMILES string of the molecule is C=C1COCCSC1. The molecule has 1 heterocycles. The molecule has 1 saturated heterocycles. The van der Waals surface area contributed by atoms with Gasteiger partial charge in [0.2, 0.25) is 0 Å². The zero-order valence-electron chi connectivity index (χ0n) is 4.85. The number of thioether (sulfide) groups is 1. The summed E-state index contributed by atoms with van der Waals surface area (Å²) in [5.74, 6) is 2.21. The Morgan fingerprint density at radius 1 is 1.62 bits per heavy atom. The molecule has 0 unspecified atom stereocenters. The van der Waals surface area contributed by atoms with Crippen LogP contribution >= 0.6 is 11.8 Å². The van der Waals surface area contributed by atoms with Crippen LogP contribution in [0.3, 0.4) is 0 Å². The van der Waals surface area contributed by atoms with Crippen molar-refractivity contribution in [2.45, 2.75) is 0 Å². The lowest BCUT2D eigenvalue weighted by Gasteiger charge is -1.95. The highest BCUT2D eigenvalue weighted by atomic mass is 32.2. The lowest BCUT2D eigenvalue weighted by Crippen LogP contribution is -1.95. The van der Waals surface area contributed by atoms with Gasteiger partial charge in [0.25, 0.3) is 0 Å². The maximum Gasteiger partial charge on any atom is 0.0682 e. The minimum atomic E-state index is 0.771. The summed E-state index contributed by atoms with van der Waals surface area (Å²) in [6.07, 6.45) is 0. The summed E-state index contributed by atoms with van der Waals surface area (Å²) in [4.78, 5) is 0. The molecule has 0 amide bonds. The maximum atomic E-state index is 5.19. The Balaban J connectivity index is 2.27. The van der Waals surface area contributed by atoms with Crippen LogP contribution in [0.5, 0.6) is 0 Å². The van der Waals surface area contributed by atoms with Gasteiger partial charge in [0.1, 0.15) is 0 Å². The summed E-state index contributed by atoms with van der Waals surface area (Å²) in [6.45, 7) is 5.49. The highest BCUT2D eigenvalue weighted by Gasteiger charge is 1.99. The predicted octanol–water partition coefficient (Wildman–Crippen LogP) is 1.31. The van der Waals surface area contributed by atoms with E-state index in [9.17, 15) is 0 Å². The van der Waals surface area contributed by atoms with Crippen LogP contribution in [-0.4, -0.2) is 24.7 Å². The Morgan fingerprint density at radius 2 is 2.50 bits per heavy atom. The Morgan fingerprint density at radius 3 is 3.38 bits per heavy atom. The lowest BCUT2D eigenvalue weighted by molar-refractivity contribution is 0.176. The molecule has 0 bridgehead atoms. The Hall–Kier alpha value is 0.0500. The third kappa shape index (κ3) is 1.88. The molecule has 46 valence electrons. The van der Waals surface area contributed by atoms with Crippen molar-refractivity contribution in [3.05, 3.63) is 12.2 Å². The van der Waals surface area contributed by atoms with Crippen molar-refractivity contribution in [3.63, 3.8) is 0 Å². The van der Waals surface area contributed by atoms with Crippen LogP contribution < -0.4 is 0 Å². The molecule has 1 fully saturated rings. The van der Waals surface area contributed by atoms with E-state index in [4.69, 9.17) is 4.74 Å². The first-order valence-electron chi connectivity index (χ1n) is 2.72. The van der Waals surface area contributed by atoms with Gasteiger partial charge in [-0.2, -0.15) is 11.8 Å². The van der Waals surface area contributed by atoms with Gasteiger partial charge in [0.15, 0.2) is 0 Å². The fourth-order valence-corrected chi connectivity index (χ4v) is 1.34. The van der Waals surface area contributed by atoms with E-state index < -0.39 is 0 Å². The minimum absolute atomic E-state index is 0.771. The van der Waals surface area contributed by atoms with E-state index in [1.54, 1.807) is 0 Å². The molecule has 0 aliphatic carbocycles. The number of ether oxygens (including phenoxy) is 1. The molecule has 8 heavy (non-hydrogen) atoms.